The van der Waals surface area contributed by atoms with Crippen LogP contribution in [0.5, 0.6) is 0 Å². The van der Waals surface area contributed by atoms with Gasteiger partial charge in [0, 0.05) is 12.8 Å². The van der Waals surface area contributed by atoms with Crippen LogP contribution in [-0.2, 0) is 10.0 Å². The number of benzene rings is 2. The van der Waals surface area contributed by atoms with Crippen LogP contribution in [0.3, 0.4) is 0 Å². The molecule has 4 N–H and O–H groups in total. The summed E-state index contributed by atoms with van der Waals surface area (Å²) >= 11 is 6.46. The van der Waals surface area contributed by atoms with E-state index >= 15 is 0 Å². The molecule has 4 rings (SSSR count). The van der Waals surface area contributed by atoms with E-state index in [1.165, 1.54) is 30.3 Å². The Morgan fingerprint density at radius 1 is 1.29 bits per heavy atom. The largest absolute Gasteiger partial charge is 0.417 e. The number of nitrogens with one attached hydrogen (secondary N) is 1. The highest BCUT2D eigenvalue weighted by Gasteiger charge is 2.63. The van der Waals surface area contributed by atoms with Gasteiger partial charge in [-0.3, -0.25) is 9.40 Å². The minimum absolute atomic E-state index is 0.0233. The van der Waals surface area contributed by atoms with Gasteiger partial charge in [-0.2, -0.15) is 18.3 Å². The number of hydrogen-bond donors (Lipinski definition) is 3. The van der Waals surface area contributed by atoms with Crippen LogP contribution in [0, 0.1) is 6.92 Å². The number of hydrogen-bond acceptors (Lipinski definition) is 5. The van der Waals surface area contributed by atoms with Crippen molar-refractivity contribution in [3.05, 3.63) is 47.0 Å². The van der Waals surface area contributed by atoms with E-state index in [2.05, 4.69) is 10.2 Å². The topological polar surface area (TPSA) is 112 Å². The molecule has 0 saturated heterocycles. The lowest BCUT2D eigenvalue weighted by atomic mass is 9.75. The maximum absolute atomic E-state index is 13.5. The van der Waals surface area contributed by atoms with Crippen molar-refractivity contribution < 1.29 is 26.7 Å². The summed E-state index contributed by atoms with van der Waals surface area (Å²) < 4.78 is 67.6. The molecule has 7 nitrogen and oxygen atoms in total. The zero-order valence-corrected chi connectivity index (χ0v) is 17.7. The third-order valence-electron chi connectivity index (χ3n) is 5.46. The van der Waals surface area contributed by atoms with Gasteiger partial charge in [-0.15, -0.1) is 0 Å². The molecule has 12 heteroatoms. The third kappa shape index (κ3) is 3.40. The van der Waals surface area contributed by atoms with Gasteiger partial charge >= 0.3 is 6.18 Å². The van der Waals surface area contributed by atoms with Crippen molar-refractivity contribution in [3.8, 4) is 0 Å². The normalized spacial score (nSPS) is 21.8. The zero-order valence-electron chi connectivity index (χ0n) is 16.1. The Hall–Kier alpha value is -2.50. The third-order valence-corrected chi connectivity index (χ3v) is 7.71. The lowest BCUT2D eigenvalue weighted by Gasteiger charge is -2.49. The van der Waals surface area contributed by atoms with Crippen molar-refractivity contribution in [2.45, 2.75) is 42.5 Å². The SMILES string of the molecule is Cc1cccc(S(=O)(=O)N(c2ccc3[nH]nc(N)c3c2Cl)C2CC(O)(C(F)(F)F)C2)c1. The van der Waals surface area contributed by atoms with Gasteiger partial charge in [-0.1, -0.05) is 23.7 Å². The van der Waals surface area contributed by atoms with Crippen LogP contribution >= 0.6 is 11.6 Å². The summed E-state index contributed by atoms with van der Waals surface area (Å²) in [5, 5.41) is 16.6. The Morgan fingerprint density at radius 2 is 1.97 bits per heavy atom. The molecule has 1 aromatic heterocycles. The number of aliphatic hydroxyl groups is 1. The van der Waals surface area contributed by atoms with Crippen LogP contribution in [0.4, 0.5) is 24.7 Å². The molecule has 1 heterocycles. The smallest absolute Gasteiger partial charge is 0.382 e. The molecule has 0 aliphatic heterocycles. The van der Waals surface area contributed by atoms with E-state index in [9.17, 15) is 26.7 Å². The van der Waals surface area contributed by atoms with Crippen molar-refractivity contribution in [2.24, 2.45) is 0 Å². The summed E-state index contributed by atoms with van der Waals surface area (Å²) in [6, 6.07) is 7.69. The molecule has 0 spiro atoms. The Labute approximate surface area is 180 Å². The van der Waals surface area contributed by atoms with Crippen molar-refractivity contribution in [1.29, 1.82) is 0 Å². The number of rotatable bonds is 4. The van der Waals surface area contributed by atoms with Crippen LogP contribution in [-0.4, -0.2) is 41.5 Å². The van der Waals surface area contributed by atoms with E-state index in [0.717, 1.165) is 4.31 Å². The van der Waals surface area contributed by atoms with E-state index < -0.39 is 40.7 Å². The number of H-pyrrole nitrogens is 1. The zero-order chi connectivity index (χ0) is 22.8. The minimum atomic E-state index is -4.88. The number of nitrogen functional groups attached to an aromatic ring is 1. The number of halogens is 4. The Morgan fingerprint density at radius 3 is 2.58 bits per heavy atom. The van der Waals surface area contributed by atoms with Crippen molar-refractivity contribution in [2.75, 3.05) is 10.0 Å². The van der Waals surface area contributed by atoms with Gasteiger partial charge in [0.1, 0.15) is 0 Å². The maximum atomic E-state index is 13.5. The number of fused-ring (bicyclic) bond motifs is 1. The first-order valence-electron chi connectivity index (χ1n) is 9.17. The van der Waals surface area contributed by atoms with Gasteiger partial charge in [0.15, 0.2) is 11.4 Å². The van der Waals surface area contributed by atoms with Crippen LogP contribution in [0.15, 0.2) is 41.3 Å². The molecule has 0 atom stereocenters. The molecule has 166 valence electrons. The lowest BCUT2D eigenvalue weighted by Crippen LogP contribution is -2.63. The fourth-order valence-corrected chi connectivity index (χ4v) is 5.95. The number of aromatic nitrogens is 2. The first kappa shape index (κ1) is 21.7. The summed E-state index contributed by atoms with van der Waals surface area (Å²) in [4.78, 5) is -0.105. The number of nitrogens with zero attached hydrogens (tertiary/aromatic N) is 2. The highest BCUT2D eigenvalue weighted by Crippen LogP contribution is 2.50. The highest BCUT2D eigenvalue weighted by atomic mass is 35.5. The predicted octanol–water partition coefficient (Wildman–Crippen LogP) is 3.76. The van der Waals surface area contributed by atoms with E-state index in [0.29, 0.717) is 11.1 Å². The molecule has 2 aromatic carbocycles. The van der Waals surface area contributed by atoms with Gasteiger partial charge in [-0.05, 0) is 36.8 Å². The first-order chi connectivity index (χ1) is 14.3. The van der Waals surface area contributed by atoms with Crippen molar-refractivity contribution >= 4 is 44.0 Å². The summed E-state index contributed by atoms with van der Waals surface area (Å²) in [5.41, 5.74) is 3.91. The average Bonchev–Trinajstić information content (AvgIpc) is 3.03. The molecule has 1 fully saturated rings. The van der Waals surface area contributed by atoms with Crippen molar-refractivity contribution in [3.63, 3.8) is 0 Å². The van der Waals surface area contributed by atoms with Crippen molar-refractivity contribution in [1.82, 2.24) is 10.2 Å². The first-order valence-corrected chi connectivity index (χ1v) is 11.0. The quantitative estimate of drug-likeness (QED) is 0.533. The fourth-order valence-electron chi connectivity index (χ4n) is 3.78. The number of sulfonamides is 1. The summed E-state index contributed by atoms with van der Waals surface area (Å²) in [6.45, 7) is 1.69. The summed E-state index contributed by atoms with van der Waals surface area (Å²) in [7, 11) is -4.32. The Kier molecular flexibility index (Phi) is 4.91. The van der Waals surface area contributed by atoms with E-state index in [1.807, 2.05) is 0 Å². The van der Waals surface area contributed by atoms with Gasteiger partial charge in [0.2, 0.25) is 0 Å². The monoisotopic (exact) mass is 474 g/mol. The number of aryl methyl sites for hydroxylation is 1. The molecule has 1 aliphatic carbocycles. The van der Waals surface area contributed by atoms with Crippen LogP contribution < -0.4 is 10.0 Å². The second kappa shape index (κ2) is 7.01. The predicted molar refractivity (Wildman–Crippen MR) is 110 cm³/mol. The molecule has 0 unspecified atom stereocenters. The molecule has 1 saturated carbocycles. The average molecular weight is 475 g/mol. The highest BCUT2D eigenvalue weighted by molar-refractivity contribution is 7.92. The van der Waals surface area contributed by atoms with Gasteiger partial charge in [0.05, 0.1) is 32.6 Å². The number of anilines is 2. The summed E-state index contributed by atoms with van der Waals surface area (Å²) in [5.74, 6) is 0.0233. The van der Waals surface area contributed by atoms with E-state index in [1.54, 1.807) is 13.0 Å². The molecule has 0 bridgehead atoms. The van der Waals surface area contributed by atoms with Gasteiger partial charge < -0.3 is 10.8 Å². The Balaban J connectivity index is 1.87. The molecular formula is C19H18ClF3N4O3S. The Bertz CT molecular complexity index is 1270. The maximum Gasteiger partial charge on any atom is 0.417 e. The van der Waals surface area contributed by atoms with Crippen LogP contribution in [0.2, 0.25) is 5.02 Å². The standard InChI is InChI=1S/C19H18ClF3N4O3S/c1-10-3-2-4-12(7-10)31(29,30)27(11-8-18(28,9-11)19(21,22)23)14-6-5-13-15(16(14)20)17(24)26-25-13/h2-7,11,28H,8-9H2,1H3,(H3,24,25,26). The lowest BCUT2D eigenvalue weighted by molar-refractivity contribution is -0.289. The van der Waals surface area contributed by atoms with Gasteiger partial charge in [0.25, 0.3) is 10.0 Å². The summed E-state index contributed by atoms with van der Waals surface area (Å²) in [6.07, 6.45) is -6.53. The fraction of sp³-hybridized carbons (Fsp3) is 0.316. The second-order valence-corrected chi connectivity index (χ2v) is 9.83. The van der Waals surface area contributed by atoms with Crippen LogP contribution in [0.1, 0.15) is 18.4 Å². The molecular weight excluding hydrogens is 457 g/mol. The molecule has 0 radical (unpaired) electrons. The number of alkyl halides is 3. The molecule has 0 amide bonds. The molecule has 31 heavy (non-hydrogen) atoms. The minimum Gasteiger partial charge on any atom is -0.382 e. The van der Waals surface area contributed by atoms with Crippen LogP contribution in [0.25, 0.3) is 10.9 Å². The second-order valence-electron chi connectivity index (χ2n) is 7.64. The van der Waals surface area contributed by atoms with E-state index in [4.69, 9.17) is 17.3 Å². The molecule has 3 aromatic rings. The van der Waals surface area contributed by atoms with Gasteiger partial charge in [-0.25, -0.2) is 8.42 Å². The number of aromatic amines is 1. The molecule has 1 aliphatic rings. The van der Waals surface area contributed by atoms with E-state index in [-0.39, 0.29) is 26.8 Å². The number of nitrogens with two attached hydrogens (primary N) is 1.